The Bertz CT molecular complexity index is 1220. The number of amides is 2. The minimum Gasteiger partial charge on any atom is -0.370 e. The number of carbonyl (C=O) groups is 2. The summed E-state index contributed by atoms with van der Waals surface area (Å²) in [5, 5.41) is 10.2. The zero-order valence-electron chi connectivity index (χ0n) is 16.5. The van der Waals surface area contributed by atoms with Crippen molar-refractivity contribution in [1.82, 2.24) is 15.1 Å². The van der Waals surface area contributed by atoms with Crippen molar-refractivity contribution in [2.45, 2.75) is 32.4 Å². The second kappa shape index (κ2) is 6.16. The van der Waals surface area contributed by atoms with Gasteiger partial charge >= 0.3 is 0 Å². The zero-order chi connectivity index (χ0) is 20.4. The normalized spacial score (nSPS) is 21.8. The van der Waals surface area contributed by atoms with E-state index < -0.39 is 11.8 Å². The topological polar surface area (TPSA) is 91.6 Å². The van der Waals surface area contributed by atoms with Crippen molar-refractivity contribution >= 4 is 34.6 Å². The van der Waals surface area contributed by atoms with E-state index in [-0.39, 0.29) is 0 Å². The third-order valence-corrected chi connectivity index (χ3v) is 6.17. The molecule has 0 saturated heterocycles. The van der Waals surface area contributed by atoms with Crippen molar-refractivity contribution in [2.75, 3.05) is 16.8 Å². The fourth-order valence-electron chi connectivity index (χ4n) is 4.86. The zero-order valence-corrected chi connectivity index (χ0v) is 16.5. The number of para-hydroxylation sites is 1. The number of rotatable bonds is 2. The molecule has 0 saturated carbocycles. The van der Waals surface area contributed by atoms with E-state index in [2.05, 4.69) is 38.6 Å². The summed E-state index contributed by atoms with van der Waals surface area (Å²) in [5.74, 6) is -0.0567. The second-order valence-corrected chi connectivity index (χ2v) is 7.99. The second-order valence-electron chi connectivity index (χ2n) is 7.99. The number of nitrogens with zero attached hydrogens (tertiary/aromatic N) is 4. The molecule has 4 aliphatic rings. The fourth-order valence-corrected chi connectivity index (χ4v) is 4.86. The first-order valence-electron chi connectivity index (χ1n) is 10.2. The number of carbonyl (C=O) groups excluding carboxylic acids is 2. The van der Waals surface area contributed by atoms with E-state index in [9.17, 15) is 9.59 Å². The summed E-state index contributed by atoms with van der Waals surface area (Å²) < 4.78 is 1.85. The van der Waals surface area contributed by atoms with E-state index in [1.807, 2.05) is 23.0 Å². The van der Waals surface area contributed by atoms with Crippen molar-refractivity contribution in [1.29, 1.82) is 0 Å². The molecule has 2 amide bonds. The van der Waals surface area contributed by atoms with E-state index in [1.54, 1.807) is 12.4 Å². The lowest BCUT2D eigenvalue weighted by Gasteiger charge is -2.21. The molecule has 1 unspecified atom stereocenters. The summed E-state index contributed by atoms with van der Waals surface area (Å²) in [6.45, 7) is 3.75. The van der Waals surface area contributed by atoms with Crippen molar-refractivity contribution in [3.8, 4) is 0 Å². The first-order chi connectivity index (χ1) is 14.6. The summed E-state index contributed by atoms with van der Waals surface area (Å²) in [5.41, 5.74) is 4.95. The maximum Gasteiger partial charge on any atom is 0.261 e. The number of hydrogen-bond acceptors (Lipinski definition) is 6. The van der Waals surface area contributed by atoms with E-state index in [4.69, 9.17) is 0 Å². The molecule has 2 N–H and O–H groups in total. The highest BCUT2D eigenvalue weighted by Crippen LogP contribution is 2.40. The molecule has 8 heteroatoms. The number of anilines is 2. The molecule has 1 atom stereocenters. The number of aromatic nitrogens is 2. The van der Waals surface area contributed by atoms with Gasteiger partial charge in [-0.05, 0) is 25.3 Å². The first kappa shape index (κ1) is 17.2. The van der Waals surface area contributed by atoms with Gasteiger partial charge in [0.15, 0.2) is 0 Å². The van der Waals surface area contributed by atoms with Crippen LogP contribution in [-0.2, 0) is 22.6 Å². The number of imide groups is 1. The standard InChI is InChI=1S/C22H20N6O2/c1-12-10-13-4-2-5-14-18(23-7-9-27(12)19(13)14)17-16(21(29)26-22(17)30)15-11-25-28-8-3-6-24-20(15)28/h2,4-5,7,9,11-12,24H,3,6,8,10H2,1H3,(H,26,29,30). The predicted molar refractivity (Wildman–Crippen MR) is 113 cm³/mol. The Labute approximate surface area is 173 Å². The maximum atomic E-state index is 13.0. The van der Waals surface area contributed by atoms with Crippen molar-refractivity contribution < 1.29 is 9.59 Å². The van der Waals surface area contributed by atoms with Gasteiger partial charge in [-0.3, -0.25) is 19.9 Å². The Balaban J connectivity index is 1.59. The number of aliphatic imine (C=N–C) groups is 1. The molecule has 4 aliphatic heterocycles. The summed E-state index contributed by atoms with van der Waals surface area (Å²) in [4.78, 5) is 32.7. The molecule has 0 fully saturated rings. The molecule has 5 heterocycles. The molecule has 1 aromatic carbocycles. The van der Waals surface area contributed by atoms with Crippen LogP contribution in [0.25, 0.3) is 5.57 Å². The summed E-state index contributed by atoms with van der Waals surface area (Å²) in [6, 6.07) is 6.39. The Morgan fingerprint density at radius 1 is 1.13 bits per heavy atom. The number of fused-ring (bicyclic) bond motifs is 1. The van der Waals surface area contributed by atoms with E-state index in [0.29, 0.717) is 28.5 Å². The highest BCUT2D eigenvalue weighted by Gasteiger charge is 2.39. The molecule has 2 aromatic rings. The Morgan fingerprint density at radius 2 is 2.00 bits per heavy atom. The van der Waals surface area contributed by atoms with E-state index >= 15 is 0 Å². The molecular formula is C22H20N6O2. The van der Waals surface area contributed by atoms with Gasteiger partial charge in [0.1, 0.15) is 5.82 Å². The molecule has 8 nitrogen and oxygen atoms in total. The molecule has 1 aromatic heterocycles. The monoisotopic (exact) mass is 400 g/mol. The summed E-state index contributed by atoms with van der Waals surface area (Å²) in [7, 11) is 0. The largest absolute Gasteiger partial charge is 0.370 e. The van der Waals surface area contributed by atoms with Crippen LogP contribution in [0, 0.1) is 0 Å². The lowest BCUT2D eigenvalue weighted by molar-refractivity contribution is -0.123. The SMILES string of the molecule is CC1Cc2cccc3c2N1C=CN=C3C1=C(c2cnn3c2NCCC3)C(=O)NC1=O. The van der Waals surface area contributed by atoms with Crippen LogP contribution < -0.4 is 15.5 Å². The Hall–Kier alpha value is -3.68. The van der Waals surface area contributed by atoms with E-state index in [1.165, 1.54) is 5.56 Å². The van der Waals surface area contributed by atoms with Crippen LogP contribution in [0.2, 0.25) is 0 Å². The van der Waals surface area contributed by atoms with Gasteiger partial charge in [-0.2, -0.15) is 5.10 Å². The minimum atomic E-state index is -0.421. The first-order valence-corrected chi connectivity index (χ1v) is 10.2. The van der Waals surface area contributed by atoms with Crippen LogP contribution in [0.5, 0.6) is 0 Å². The van der Waals surface area contributed by atoms with Gasteiger partial charge in [0.2, 0.25) is 0 Å². The van der Waals surface area contributed by atoms with Gasteiger partial charge in [0.25, 0.3) is 11.8 Å². The predicted octanol–water partition coefficient (Wildman–Crippen LogP) is 1.83. The lowest BCUT2D eigenvalue weighted by atomic mass is 9.93. The molecule has 0 spiro atoms. The minimum absolute atomic E-state index is 0.308. The Kier molecular flexibility index (Phi) is 3.53. The van der Waals surface area contributed by atoms with Gasteiger partial charge in [-0.1, -0.05) is 18.2 Å². The van der Waals surface area contributed by atoms with Crippen molar-refractivity contribution in [3.05, 3.63) is 59.1 Å². The number of aryl methyl sites for hydroxylation is 1. The number of hydrogen-bond donors (Lipinski definition) is 2. The quantitative estimate of drug-likeness (QED) is 0.751. The summed E-state index contributed by atoms with van der Waals surface area (Å²) in [6.07, 6.45) is 7.22. The van der Waals surface area contributed by atoms with Crippen LogP contribution in [-0.4, -0.2) is 39.9 Å². The average Bonchev–Trinajstić information content (AvgIpc) is 3.33. The van der Waals surface area contributed by atoms with Gasteiger partial charge in [-0.25, -0.2) is 4.68 Å². The highest BCUT2D eigenvalue weighted by atomic mass is 16.2. The molecule has 0 radical (unpaired) electrons. The van der Waals surface area contributed by atoms with Crippen LogP contribution >= 0.6 is 0 Å². The van der Waals surface area contributed by atoms with Crippen LogP contribution in [0.1, 0.15) is 30.0 Å². The van der Waals surface area contributed by atoms with Crippen LogP contribution in [0.4, 0.5) is 11.5 Å². The fraction of sp³-hybridized carbons (Fsp3) is 0.273. The number of nitrogens with one attached hydrogen (secondary N) is 2. The number of benzene rings is 1. The molecule has 0 aliphatic carbocycles. The molecule has 30 heavy (non-hydrogen) atoms. The highest BCUT2D eigenvalue weighted by molar-refractivity contribution is 6.48. The van der Waals surface area contributed by atoms with E-state index in [0.717, 1.165) is 43.0 Å². The Morgan fingerprint density at radius 3 is 2.90 bits per heavy atom. The third kappa shape index (κ3) is 2.27. The molecule has 6 rings (SSSR count). The lowest BCUT2D eigenvalue weighted by Crippen LogP contribution is -2.26. The molecule has 0 bridgehead atoms. The molecule has 150 valence electrons. The maximum absolute atomic E-state index is 13.0. The van der Waals surface area contributed by atoms with Gasteiger partial charge < -0.3 is 10.2 Å². The average molecular weight is 400 g/mol. The third-order valence-electron chi connectivity index (χ3n) is 6.17. The van der Waals surface area contributed by atoms with Gasteiger partial charge in [0.05, 0.1) is 34.3 Å². The van der Waals surface area contributed by atoms with Crippen LogP contribution in [0.15, 0.2) is 47.4 Å². The van der Waals surface area contributed by atoms with Gasteiger partial charge in [0, 0.05) is 37.1 Å². The van der Waals surface area contributed by atoms with Crippen LogP contribution in [0.3, 0.4) is 0 Å². The van der Waals surface area contributed by atoms with Crippen molar-refractivity contribution in [2.24, 2.45) is 4.99 Å². The van der Waals surface area contributed by atoms with Crippen molar-refractivity contribution in [3.63, 3.8) is 0 Å². The smallest absolute Gasteiger partial charge is 0.261 e. The molecular weight excluding hydrogens is 380 g/mol. The summed E-state index contributed by atoms with van der Waals surface area (Å²) >= 11 is 0. The van der Waals surface area contributed by atoms with Gasteiger partial charge in [-0.15, -0.1) is 0 Å².